The molecule has 0 saturated carbocycles. The zero-order valence-corrected chi connectivity index (χ0v) is 20.1. The highest BCUT2D eigenvalue weighted by molar-refractivity contribution is 5.86. The number of hydrogen-bond acceptors (Lipinski definition) is 6. The topological polar surface area (TPSA) is 78.0 Å². The molecule has 7 heteroatoms. The van der Waals surface area contributed by atoms with Crippen LogP contribution in [0.5, 0.6) is 0 Å². The van der Waals surface area contributed by atoms with Gasteiger partial charge in [-0.25, -0.2) is 9.78 Å². The standard InChI is InChI=1S/C26H32N6O/c1-6-21-16-31(18(4)15-32(21)22(7-2)19-10-8-17(3)9-11-19)25-24-23(30(5)26(33)29-25)13-12-20(14-27)28-24/h8-13,18,21-22H,6-7,15-16H2,1-5H3/t18?,21-,22?/m1/s1. The van der Waals surface area contributed by atoms with E-state index in [1.54, 1.807) is 19.2 Å². The Morgan fingerprint density at radius 3 is 2.48 bits per heavy atom. The molecule has 7 nitrogen and oxygen atoms in total. The van der Waals surface area contributed by atoms with E-state index in [4.69, 9.17) is 0 Å². The zero-order chi connectivity index (χ0) is 23.7. The van der Waals surface area contributed by atoms with Crippen molar-refractivity contribution in [2.75, 3.05) is 18.0 Å². The fourth-order valence-corrected chi connectivity index (χ4v) is 5.03. The molecule has 0 amide bonds. The fourth-order valence-electron chi connectivity index (χ4n) is 5.03. The van der Waals surface area contributed by atoms with Crippen molar-refractivity contribution in [2.45, 2.75) is 58.7 Å². The molecule has 33 heavy (non-hydrogen) atoms. The fraction of sp³-hybridized carbons (Fsp3) is 0.462. The van der Waals surface area contributed by atoms with Gasteiger partial charge in [-0.05, 0) is 44.4 Å². The van der Waals surface area contributed by atoms with Crippen molar-refractivity contribution in [3.63, 3.8) is 0 Å². The molecule has 1 fully saturated rings. The van der Waals surface area contributed by atoms with Gasteiger partial charge in [-0.1, -0.05) is 43.7 Å². The van der Waals surface area contributed by atoms with Crippen molar-refractivity contribution in [2.24, 2.45) is 7.05 Å². The Morgan fingerprint density at radius 2 is 1.85 bits per heavy atom. The van der Waals surface area contributed by atoms with Crippen LogP contribution in [0.15, 0.2) is 41.2 Å². The summed E-state index contributed by atoms with van der Waals surface area (Å²) in [5.74, 6) is 0.583. The van der Waals surface area contributed by atoms with Crippen LogP contribution in [0.1, 0.15) is 56.5 Å². The van der Waals surface area contributed by atoms with Gasteiger partial charge in [0.1, 0.15) is 17.3 Å². The van der Waals surface area contributed by atoms with Crippen LogP contribution in [0.25, 0.3) is 11.0 Å². The third-order valence-corrected chi connectivity index (χ3v) is 6.93. The smallest absolute Gasteiger partial charge is 0.349 e. The van der Waals surface area contributed by atoms with Gasteiger partial charge in [0, 0.05) is 38.3 Å². The van der Waals surface area contributed by atoms with Crippen LogP contribution in [-0.4, -0.2) is 44.6 Å². The summed E-state index contributed by atoms with van der Waals surface area (Å²) < 4.78 is 1.50. The van der Waals surface area contributed by atoms with Gasteiger partial charge < -0.3 is 4.90 Å². The lowest BCUT2D eigenvalue weighted by atomic mass is 9.95. The first-order chi connectivity index (χ1) is 15.9. The predicted octanol–water partition coefficient (Wildman–Crippen LogP) is 3.95. The van der Waals surface area contributed by atoms with E-state index in [2.05, 4.69) is 77.8 Å². The van der Waals surface area contributed by atoms with E-state index >= 15 is 0 Å². The van der Waals surface area contributed by atoms with Crippen LogP contribution < -0.4 is 10.6 Å². The number of aromatic nitrogens is 3. The summed E-state index contributed by atoms with van der Waals surface area (Å²) in [4.78, 5) is 26.5. The second-order valence-electron chi connectivity index (χ2n) is 9.05. The summed E-state index contributed by atoms with van der Waals surface area (Å²) in [6.07, 6.45) is 2.03. The molecule has 3 aromatic rings. The number of piperazine rings is 1. The summed E-state index contributed by atoms with van der Waals surface area (Å²) in [5, 5.41) is 9.38. The van der Waals surface area contributed by atoms with E-state index < -0.39 is 0 Å². The van der Waals surface area contributed by atoms with Gasteiger partial charge in [-0.3, -0.25) is 9.47 Å². The number of aryl methyl sites for hydroxylation is 2. The van der Waals surface area contributed by atoms with Gasteiger partial charge in [0.05, 0.1) is 5.52 Å². The molecular formula is C26H32N6O. The van der Waals surface area contributed by atoms with Crippen LogP contribution in [0, 0.1) is 18.3 Å². The lowest BCUT2D eigenvalue weighted by Crippen LogP contribution is -2.58. The molecule has 2 aromatic heterocycles. The monoisotopic (exact) mass is 444 g/mol. The summed E-state index contributed by atoms with van der Waals surface area (Å²) in [5.41, 5.74) is 3.94. The average Bonchev–Trinajstić information content (AvgIpc) is 2.83. The molecule has 1 aliphatic rings. The number of hydrogen-bond donors (Lipinski definition) is 0. The van der Waals surface area contributed by atoms with Crippen LogP contribution in [0.4, 0.5) is 5.82 Å². The van der Waals surface area contributed by atoms with Crippen LogP contribution >= 0.6 is 0 Å². The molecule has 1 saturated heterocycles. The summed E-state index contributed by atoms with van der Waals surface area (Å²) in [7, 11) is 1.69. The highest BCUT2D eigenvalue weighted by Gasteiger charge is 2.36. The second kappa shape index (κ2) is 9.32. The molecule has 0 N–H and O–H groups in total. The Kier molecular flexibility index (Phi) is 6.48. The number of pyridine rings is 1. The highest BCUT2D eigenvalue weighted by Crippen LogP contribution is 2.34. The molecule has 4 rings (SSSR count). The Labute approximate surface area is 195 Å². The molecule has 3 atom stereocenters. The maximum atomic E-state index is 12.7. The first kappa shape index (κ1) is 22.9. The number of benzene rings is 1. The SMILES string of the molecule is CCC(c1ccc(C)cc1)N1CC(C)N(c2nc(=O)n(C)c3ccc(C#N)nc23)C[C@H]1CC. The quantitative estimate of drug-likeness (QED) is 0.593. The summed E-state index contributed by atoms with van der Waals surface area (Å²) in [6, 6.07) is 15.2. The van der Waals surface area contributed by atoms with Crippen molar-refractivity contribution in [1.29, 1.82) is 5.26 Å². The van der Waals surface area contributed by atoms with Gasteiger partial charge in [0.25, 0.3) is 0 Å². The first-order valence-electron chi connectivity index (χ1n) is 11.7. The minimum absolute atomic E-state index is 0.141. The van der Waals surface area contributed by atoms with Gasteiger partial charge in [0.2, 0.25) is 0 Å². The predicted molar refractivity (Wildman–Crippen MR) is 131 cm³/mol. The number of fused-ring (bicyclic) bond motifs is 1. The van der Waals surface area contributed by atoms with Crippen molar-refractivity contribution in [3.05, 3.63) is 63.7 Å². The zero-order valence-electron chi connectivity index (χ0n) is 20.1. The number of rotatable bonds is 5. The normalized spacial score (nSPS) is 20.1. The molecule has 0 aliphatic carbocycles. The molecular weight excluding hydrogens is 412 g/mol. The molecule has 3 heterocycles. The van der Waals surface area contributed by atoms with Crippen molar-refractivity contribution >= 4 is 16.9 Å². The Balaban J connectivity index is 1.73. The number of nitrogens with zero attached hydrogens (tertiary/aromatic N) is 6. The molecule has 1 aliphatic heterocycles. The molecule has 0 spiro atoms. The second-order valence-corrected chi connectivity index (χ2v) is 9.05. The maximum Gasteiger partial charge on any atom is 0.349 e. The average molecular weight is 445 g/mol. The lowest BCUT2D eigenvalue weighted by molar-refractivity contribution is 0.0939. The number of nitriles is 1. The minimum atomic E-state index is -0.308. The van der Waals surface area contributed by atoms with E-state index in [-0.39, 0.29) is 11.7 Å². The molecule has 2 unspecified atom stereocenters. The third-order valence-electron chi connectivity index (χ3n) is 6.93. The molecule has 1 aromatic carbocycles. The minimum Gasteiger partial charge on any atom is -0.349 e. The van der Waals surface area contributed by atoms with E-state index in [0.717, 1.165) is 25.9 Å². The van der Waals surface area contributed by atoms with Gasteiger partial charge in [-0.2, -0.15) is 10.2 Å². The number of anilines is 1. The van der Waals surface area contributed by atoms with Gasteiger partial charge in [0.15, 0.2) is 5.82 Å². The maximum absolute atomic E-state index is 12.7. The van der Waals surface area contributed by atoms with Crippen molar-refractivity contribution in [3.8, 4) is 6.07 Å². The van der Waals surface area contributed by atoms with Crippen molar-refractivity contribution in [1.82, 2.24) is 19.4 Å². The van der Waals surface area contributed by atoms with Crippen LogP contribution in [0.2, 0.25) is 0 Å². The summed E-state index contributed by atoms with van der Waals surface area (Å²) in [6.45, 7) is 10.4. The Morgan fingerprint density at radius 1 is 1.12 bits per heavy atom. The first-order valence-corrected chi connectivity index (χ1v) is 11.7. The molecule has 0 bridgehead atoms. The highest BCUT2D eigenvalue weighted by atomic mass is 16.1. The van der Waals surface area contributed by atoms with E-state index in [1.807, 2.05) is 0 Å². The molecule has 0 radical (unpaired) electrons. The van der Waals surface area contributed by atoms with E-state index in [0.29, 0.717) is 34.6 Å². The van der Waals surface area contributed by atoms with E-state index in [1.165, 1.54) is 15.7 Å². The largest absolute Gasteiger partial charge is 0.349 e. The van der Waals surface area contributed by atoms with E-state index in [9.17, 15) is 10.1 Å². The van der Waals surface area contributed by atoms with Crippen LogP contribution in [-0.2, 0) is 7.05 Å². The Hall–Kier alpha value is -3.24. The summed E-state index contributed by atoms with van der Waals surface area (Å²) >= 11 is 0. The molecule has 172 valence electrons. The van der Waals surface area contributed by atoms with Gasteiger partial charge >= 0.3 is 5.69 Å². The Bertz CT molecular complexity index is 1240. The van der Waals surface area contributed by atoms with Crippen molar-refractivity contribution < 1.29 is 0 Å². The lowest BCUT2D eigenvalue weighted by Gasteiger charge is -2.49. The third kappa shape index (κ3) is 4.23. The van der Waals surface area contributed by atoms with Gasteiger partial charge in [-0.15, -0.1) is 0 Å². The van der Waals surface area contributed by atoms with Crippen LogP contribution in [0.3, 0.4) is 0 Å².